The molecule has 0 aromatic rings. The molecule has 3 fully saturated rings. The fourth-order valence-electron chi connectivity index (χ4n) is 4.17. The molecular formula is C20H36N4O3. The molecule has 0 aromatic carbocycles. The number of ether oxygens (including phenoxy) is 2. The van der Waals surface area contributed by atoms with E-state index in [0.29, 0.717) is 12.5 Å². The normalized spacial score (nSPS) is 27.6. The Balaban J connectivity index is 1.61. The molecule has 1 aliphatic carbocycles. The van der Waals surface area contributed by atoms with Gasteiger partial charge in [0.2, 0.25) is 5.91 Å². The predicted octanol–water partition coefficient (Wildman–Crippen LogP) is 1.48. The first-order valence-corrected chi connectivity index (χ1v) is 10.6. The van der Waals surface area contributed by atoms with Crippen LogP contribution in [-0.4, -0.2) is 87.4 Å². The summed E-state index contributed by atoms with van der Waals surface area (Å²) in [6, 6.07) is 0. The number of nitrogens with one attached hydrogen (secondary N) is 1. The molecule has 7 heteroatoms. The fourth-order valence-corrected chi connectivity index (χ4v) is 4.17. The first-order chi connectivity index (χ1) is 13.1. The van der Waals surface area contributed by atoms with Crippen LogP contribution in [-0.2, 0) is 14.3 Å². The van der Waals surface area contributed by atoms with Crippen LogP contribution in [0, 0.1) is 5.92 Å². The minimum atomic E-state index is 0.0240. The summed E-state index contributed by atoms with van der Waals surface area (Å²) >= 11 is 0. The van der Waals surface area contributed by atoms with E-state index in [2.05, 4.69) is 15.2 Å². The second kappa shape index (κ2) is 10.3. The highest BCUT2D eigenvalue weighted by Gasteiger charge is 2.32. The van der Waals surface area contributed by atoms with Gasteiger partial charge in [-0.1, -0.05) is 19.3 Å². The molecular weight excluding hydrogens is 344 g/mol. The third-order valence-corrected chi connectivity index (χ3v) is 5.91. The minimum absolute atomic E-state index is 0.0240. The van der Waals surface area contributed by atoms with E-state index in [-0.39, 0.29) is 24.7 Å². The molecule has 0 radical (unpaired) electrons. The van der Waals surface area contributed by atoms with Crippen molar-refractivity contribution in [3.8, 4) is 0 Å². The van der Waals surface area contributed by atoms with E-state index in [1.54, 1.807) is 19.0 Å². The van der Waals surface area contributed by atoms with Crippen molar-refractivity contribution in [2.75, 3.05) is 53.5 Å². The van der Waals surface area contributed by atoms with Crippen LogP contribution in [0.1, 0.15) is 44.9 Å². The van der Waals surface area contributed by atoms with Crippen LogP contribution in [0.25, 0.3) is 0 Å². The molecule has 1 N–H and O–H groups in total. The first-order valence-electron chi connectivity index (χ1n) is 10.6. The number of aliphatic imine (C=N–C) groups is 1. The van der Waals surface area contributed by atoms with Crippen LogP contribution in [0.15, 0.2) is 4.99 Å². The van der Waals surface area contributed by atoms with Gasteiger partial charge in [0.05, 0.1) is 12.7 Å². The summed E-state index contributed by atoms with van der Waals surface area (Å²) in [6.07, 6.45) is 9.07. The van der Waals surface area contributed by atoms with Crippen molar-refractivity contribution in [3.05, 3.63) is 0 Å². The van der Waals surface area contributed by atoms with Crippen molar-refractivity contribution in [2.24, 2.45) is 10.9 Å². The van der Waals surface area contributed by atoms with Gasteiger partial charge in [0, 0.05) is 40.3 Å². The summed E-state index contributed by atoms with van der Waals surface area (Å²) in [5, 5.41) is 3.57. The maximum Gasteiger partial charge on any atom is 0.243 e. The van der Waals surface area contributed by atoms with Crippen LogP contribution in [0.3, 0.4) is 0 Å². The van der Waals surface area contributed by atoms with Crippen molar-refractivity contribution < 1.29 is 14.3 Å². The summed E-state index contributed by atoms with van der Waals surface area (Å²) in [5.41, 5.74) is 0. The van der Waals surface area contributed by atoms with Crippen LogP contribution in [0.2, 0.25) is 0 Å². The smallest absolute Gasteiger partial charge is 0.243 e. The number of carbonyl (C=O) groups is 1. The molecule has 1 saturated carbocycles. The topological polar surface area (TPSA) is 66.4 Å². The molecule has 1 amide bonds. The lowest BCUT2D eigenvalue weighted by atomic mass is 9.89. The average molecular weight is 381 g/mol. The Kier molecular flexibility index (Phi) is 7.76. The van der Waals surface area contributed by atoms with E-state index >= 15 is 0 Å². The third-order valence-electron chi connectivity index (χ3n) is 5.91. The summed E-state index contributed by atoms with van der Waals surface area (Å²) in [5.74, 6) is 1.58. The largest absolute Gasteiger partial charge is 0.375 e. The molecule has 0 spiro atoms. The molecule has 7 nitrogen and oxygen atoms in total. The van der Waals surface area contributed by atoms with Crippen molar-refractivity contribution >= 4 is 11.9 Å². The number of hydrogen-bond donors (Lipinski definition) is 1. The van der Waals surface area contributed by atoms with E-state index < -0.39 is 0 Å². The fraction of sp³-hybridized carbons (Fsp3) is 0.900. The highest BCUT2D eigenvalue weighted by atomic mass is 16.5. The lowest BCUT2D eigenvalue weighted by molar-refractivity contribution is -0.127. The molecule has 0 aromatic heterocycles. The van der Waals surface area contributed by atoms with Crippen molar-refractivity contribution in [1.82, 2.24) is 15.1 Å². The lowest BCUT2D eigenvalue weighted by Gasteiger charge is -2.37. The second-order valence-electron chi connectivity index (χ2n) is 8.22. The van der Waals surface area contributed by atoms with Gasteiger partial charge in [-0.25, -0.2) is 4.99 Å². The van der Waals surface area contributed by atoms with E-state index in [1.165, 1.54) is 32.1 Å². The van der Waals surface area contributed by atoms with Gasteiger partial charge in [-0.15, -0.1) is 0 Å². The van der Waals surface area contributed by atoms with Crippen LogP contribution >= 0.6 is 0 Å². The monoisotopic (exact) mass is 380 g/mol. The number of likely N-dealkylation sites (N-methyl/N-ethyl adjacent to an activating group) is 1. The number of amides is 1. The first kappa shape index (κ1) is 20.4. The molecule has 27 heavy (non-hydrogen) atoms. The maximum absolute atomic E-state index is 12.0. The number of guanidine groups is 1. The Hall–Kier alpha value is -1.34. The molecule has 2 aliphatic heterocycles. The molecule has 2 unspecified atom stereocenters. The molecule has 2 atom stereocenters. The zero-order chi connectivity index (χ0) is 19.1. The Bertz CT molecular complexity index is 499. The Morgan fingerprint density at radius 1 is 1.07 bits per heavy atom. The van der Waals surface area contributed by atoms with Gasteiger partial charge in [0.15, 0.2) is 5.96 Å². The number of carbonyl (C=O) groups excluding carboxylic acids is 1. The van der Waals surface area contributed by atoms with Crippen molar-refractivity contribution in [2.45, 2.75) is 57.2 Å². The van der Waals surface area contributed by atoms with E-state index in [9.17, 15) is 4.79 Å². The summed E-state index contributed by atoms with van der Waals surface area (Å²) in [4.78, 5) is 20.5. The highest BCUT2D eigenvalue weighted by Crippen LogP contribution is 2.23. The lowest BCUT2D eigenvalue weighted by Crippen LogP contribution is -2.54. The zero-order valence-corrected chi connectivity index (χ0v) is 17.0. The molecule has 2 heterocycles. The molecule has 0 bridgehead atoms. The second-order valence-corrected chi connectivity index (χ2v) is 8.22. The number of morpholine rings is 1. The van der Waals surface area contributed by atoms with Gasteiger partial charge in [-0.05, 0) is 31.6 Å². The van der Waals surface area contributed by atoms with Gasteiger partial charge < -0.3 is 24.6 Å². The number of rotatable bonds is 5. The van der Waals surface area contributed by atoms with Gasteiger partial charge in [-0.2, -0.15) is 0 Å². The Labute approximate surface area is 163 Å². The van der Waals surface area contributed by atoms with Crippen LogP contribution in [0.4, 0.5) is 0 Å². The number of hydrogen-bond acceptors (Lipinski definition) is 4. The maximum atomic E-state index is 12.0. The Morgan fingerprint density at radius 3 is 2.56 bits per heavy atom. The van der Waals surface area contributed by atoms with Gasteiger partial charge >= 0.3 is 0 Å². The SMILES string of the molecule is CN(C)C(=O)CN=C(NCC1CCCCC1)N1CCOC(C2CCCO2)C1. The average Bonchev–Trinajstić information content (AvgIpc) is 3.23. The Morgan fingerprint density at radius 2 is 1.85 bits per heavy atom. The van der Waals surface area contributed by atoms with Gasteiger partial charge in [-0.3, -0.25) is 4.79 Å². The third kappa shape index (κ3) is 6.07. The van der Waals surface area contributed by atoms with Crippen molar-refractivity contribution in [3.63, 3.8) is 0 Å². The summed E-state index contributed by atoms with van der Waals surface area (Å²) in [6.45, 7) is 4.21. The predicted molar refractivity (Wildman–Crippen MR) is 106 cm³/mol. The molecule has 3 rings (SSSR count). The van der Waals surface area contributed by atoms with E-state index in [4.69, 9.17) is 9.47 Å². The molecule has 2 saturated heterocycles. The van der Waals surface area contributed by atoms with Crippen LogP contribution in [0.5, 0.6) is 0 Å². The van der Waals surface area contributed by atoms with Crippen molar-refractivity contribution in [1.29, 1.82) is 0 Å². The van der Waals surface area contributed by atoms with Gasteiger partial charge in [0.25, 0.3) is 0 Å². The zero-order valence-electron chi connectivity index (χ0n) is 17.0. The van der Waals surface area contributed by atoms with Crippen LogP contribution < -0.4 is 5.32 Å². The minimum Gasteiger partial charge on any atom is -0.375 e. The van der Waals surface area contributed by atoms with E-state index in [1.807, 2.05) is 0 Å². The van der Waals surface area contributed by atoms with Gasteiger partial charge in [0.1, 0.15) is 12.6 Å². The number of nitrogens with zero attached hydrogens (tertiary/aromatic N) is 3. The summed E-state index contributed by atoms with van der Waals surface area (Å²) < 4.78 is 11.8. The standard InChI is InChI=1S/C20H36N4O3/c1-23(2)19(25)14-22-20(21-13-16-7-4-3-5-8-16)24-10-12-27-18(15-24)17-9-6-11-26-17/h16-18H,3-15H2,1-2H3,(H,21,22). The van der Waals surface area contributed by atoms with E-state index in [0.717, 1.165) is 45.0 Å². The molecule has 154 valence electrons. The highest BCUT2D eigenvalue weighted by molar-refractivity contribution is 5.85. The quantitative estimate of drug-likeness (QED) is 0.578. The molecule has 3 aliphatic rings. The summed E-state index contributed by atoms with van der Waals surface area (Å²) in [7, 11) is 3.55.